The molecular formula is C20H25N3O2. The lowest BCUT2D eigenvalue weighted by molar-refractivity contribution is 0.123. The number of anilines is 2. The fraction of sp³-hybridized carbons (Fsp3) is 0.350. The van der Waals surface area contributed by atoms with Crippen LogP contribution in [0.3, 0.4) is 0 Å². The largest absolute Gasteiger partial charge is 0.378 e. The second-order valence-electron chi connectivity index (χ2n) is 6.09. The Bertz CT molecular complexity index is 670. The Hall–Kier alpha value is -2.53. The summed E-state index contributed by atoms with van der Waals surface area (Å²) >= 11 is 0. The molecule has 1 aliphatic rings. The number of morpholine rings is 1. The summed E-state index contributed by atoms with van der Waals surface area (Å²) in [5, 5.41) is 5.91. The van der Waals surface area contributed by atoms with Crippen molar-refractivity contribution in [3.63, 3.8) is 0 Å². The Morgan fingerprint density at radius 3 is 2.52 bits per heavy atom. The van der Waals surface area contributed by atoms with Crippen molar-refractivity contribution in [3.05, 3.63) is 60.2 Å². The van der Waals surface area contributed by atoms with E-state index in [-0.39, 0.29) is 6.03 Å². The first-order valence-corrected chi connectivity index (χ1v) is 8.83. The van der Waals surface area contributed by atoms with E-state index in [0.717, 1.165) is 50.5 Å². The van der Waals surface area contributed by atoms with Gasteiger partial charge in [0.1, 0.15) is 0 Å². The van der Waals surface area contributed by atoms with Crippen molar-refractivity contribution in [1.82, 2.24) is 5.32 Å². The van der Waals surface area contributed by atoms with Gasteiger partial charge in [-0.05, 0) is 30.5 Å². The highest BCUT2D eigenvalue weighted by molar-refractivity contribution is 5.93. The summed E-state index contributed by atoms with van der Waals surface area (Å²) in [6.45, 7) is 3.79. The number of ether oxygens (including phenoxy) is 1. The smallest absolute Gasteiger partial charge is 0.319 e. The normalized spacial score (nSPS) is 14.2. The molecule has 5 nitrogen and oxygen atoms in total. The minimum atomic E-state index is -0.159. The molecule has 0 aliphatic carbocycles. The van der Waals surface area contributed by atoms with Gasteiger partial charge < -0.3 is 20.3 Å². The minimum absolute atomic E-state index is 0.159. The second kappa shape index (κ2) is 9.08. The molecule has 0 atom stereocenters. The van der Waals surface area contributed by atoms with E-state index in [2.05, 4.69) is 27.7 Å². The number of benzene rings is 2. The van der Waals surface area contributed by atoms with Gasteiger partial charge in [-0.15, -0.1) is 0 Å². The highest BCUT2D eigenvalue weighted by Gasteiger charge is 2.15. The van der Waals surface area contributed by atoms with Crippen molar-refractivity contribution in [2.45, 2.75) is 12.8 Å². The minimum Gasteiger partial charge on any atom is -0.378 e. The average molecular weight is 339 g/mol. The number of nitrogens with one attached hydrogen (secondary N) is 2. The molecule has 1 aliphatic heterocycles. The van der Waals surface area contributed by atoms with Gasteiger partial charge >= 0.3 is 6.03 Å². The van der Waals surface area contributed by atoms with Crippen molar-refractivity contribution in [1.29, 1.82) is 0 Å². The molecule has 2 amide bonds. The molecule has 1 heterocycles. The molecule has 3 rings (SSSR count). The van der Waals surface area contributed by atoms with E-state index in [1.54, 1.807) is 0 Å². The summed E-state index contributed by atoms with van der Waals surface area (Å²) < 4.78 is 5.40. The van der Waals surface area contributed by atoms with Crippen molar-refractivity contribution in [3.8, 4) is 0 Å². The zero-order valence-corrected chi connectivity index (χ0v) is 14.4. The van der Waals surface area contributed by atoms with Crippen LogP contribution in [0, 0.1) is 0 Å². The standard InChI is InChI=1S/C20H25N3O2/c24-20(21-12-6-9-17-7-2-1-3-8-17)22-18-10-4-5-11-19(18)23-13-15-25-16-14-23/h1-5,7-8,10-11H,6,9,12-16H2,(H2,21,22,24). The molecule has 132 valence electrons. The predicted molar refractivity (Wildman–Crippen MR) is 101 cm³/mol. The number of carbonyl (C=O) groups excluding carboxylic acids is 1. The zero-order valence-electron chi connectivity index (χ0n) is 14.4. The van der Waals surface area contributed by atoms with Crippen LogP contribution in [0.5, 0.6) is 0 Å². The Morgan fingerprint density at radius 1 is 1.00 bits per heavy atom. The molecular weight excluding hydrogens is 314 g/mol. The first kappa shape index (κ1) is 17.3. The van der Waals surface area contributed by atoms with Gasteiger partial charge in [-0.2, -0.15) is 0 Å². The summed E-state index contributed by atoms with van der Waals surface area (Å²) in [5.74, 6) is 0. The monoisotopic (exact) mass is 339 g/mol. The molecule has 0 spiro atoms. The third-order valence-electron chi connectivity index (χ3n) is 4.27. The van der Waals surface area contributed by atoms with Crippen LogP contribution in [0.2, 0.25) is 0 Å². The van der Waals surface area contributed by atoms with E-state index < -0.39 is 0 Å². The quantitative estimate of drug-likeness (QED) is 0.794. The topological polar surface area (TPSA) is 53.6 Å². The number of hydrogen-bond acceptors (Lipinski definition) is 3. The first-order chi connectivity index (χ1) is 12.3. The number of amides is 2. The number of carbonyl (C=O) groups is 1. The number of aryl methyl sites for hydroxylation is 1. The Balaban J connectivity index is 1.47. The number of hydrogen-bond donors (Lipinski definition) is 2. The first-order valence-electron chi connectivity index (χ1n) is 8.83. The SMILES string of the molecule is O=C(NCCCc1ccccc1)Nc1ccccc1N1CCOCC1. The maximum Gasteiger partial charge on any atom is 0.319 e. The Morgan fingerprint density at radius 2 is 1.72 bits per heavy atom. The molecule has 0 aromatic heterocycles. The molecule has 0 radical (unpaired) electrons. The lowest BCUT2D eigenvalue weighted by Crippen LogP contribution is -2.37. The van der Waals surface area contributed by atoms with Gasteiger partial charge in [0.25, 0.3) is 0 Å². The number of urea groups is 1. The van der Waals surface area contributed by atoms with Crippen LogP contribution in [0.4, 0.5) is 16.2 Å². The Kier molecular flexibility index (Phi) is 6.29. The lowest BCUT2D eigenvalue weighted by atomic mass is 10.1. The third kappa shape index (κ3) is 5.22. The fourth-order valence-corrected chi connectivity index (χ4v) is 2.96. The van der Waals surface area contributed by atoms with Crippen LogP contribution in [0.15, 0.2) is 54.6 Å². The summed E-state index contributed by atoms with van der Waals surface area (Å²) in [4.78, 5) is 14.4. The molecule has 5 heteroatoms. The molecule has 1 fully saturated rings. The van der Waals surface area contributed by atoms with Gasteiger partial charge in [0.15, 0.2) is 0 Å². The van der Waals surface area contributed by atoms with Gasteiger partial charge in [0, 0.05) is 19.6 Å². The Labute approximate surface area is 149 Å². The molecule has 0 saturated carbocycles. The van der Waals surface area contributed by atoms with E-state index in [0.29, 0.717) is 6.54 Å². The molecule has 0 unspecified atom stereocenters. The molecule has 0 bridgehead atoms. The zero-order chi connectivity index (χ0) is 17.3. The van der Waals surface area contributed by atoms with Gasteiger partial charge in [0.05, 0.1) is 24.6 Å². The molecule has 2 N–H and O–H groups in total. The van der Waals surface area contributed by atoms with Gasteiger partial charge in [0.2, 0.25) is 0 Å². The third-order valence-corrected chi connectivity index (χ3v) is 4.27. The van der Waals surface area contributed by atoms with E-state index >= 15 is 0 Å². The molecule has 1 saturated heterocycles. The van der Waals surface area contributed by atoms with Crippen LogP contribution in [0.1, 0.15) is 12.0 Å². The van der Waals surface area contributed by atoms with Crippen LogP contribution < -0.4 is 15.5 Å². The maximum absolute atomic E-state index is 12.2. The maximum atomic E-state index is 12.2. The highest BCUT2D eigenvalue weighted by Crippen LogP contribution is 2.26. The second-order valence-corrected chi connectivity index (χ2v) is 6.09. The van der Waals surface area contributed by atoms with Gasteiger partial charge in [-0.1, -0.05) is 42.5 Å². The number of nitrogens with zero attached hydrogens (tertiary/aromatic N) is 1. The van der Waals surface area contributed by atoms with E-state index in [9.17, 15) is 4.79 Å². The predicted octanol–water partition coefficient (Wildman–Crippen LogP) is 3.28. The highest BCUT2D eigenvalue weighted by atomic mass is 16.5. The summed E-state index contributed by atoms with van der Waals surface area (Å²) in [6, 6.07) is 18.1. The number of para-hydroxylation sites is 2. The van der Waals surface area contributed by atoms with Crippen molar-refractivity contribution in [2.75, 3.05) is 43.1 Å². The van der Waals surface area contributed by atoms with Gasteiger partial charge in [-0.3, -0.25) is 0 Å². The van der Waals surface area contributed by atoms with Crippen molar-refractivity contribution >= 4 is 17.4 Å². The van der Waals surface area contributed by atoms with Crippen molar-refractivity contribution in [2.24, 2.45) is 0 Å². The van der Waals surface area contributed by atoms with E-state index in [4.69, 9.17) is 4.74 Å². The summed E-state index contributed by atoms with van der Waals surface area (Å²) in [6.07, 6.45) is 1.88. The van der Waals surface area contributed by atoms with Crippen molar-refractivity contribution < 1.29 is 9.53 Å². The van der Waals surface area contributed by atoms with Crippen LogP contribution in [-0.4, -0.2) is 38.9 Å². The molecule has 2 aromatic carbocycles. The summed E-state index contributed by atoms with van der Waals surface area (Å²) in [5.41, 5.74) is 3.18. The van der Waals surface area contributed by atoms with Crippen LogP contribution in [0.25, 0.3) is 0 Å². The molecule has 25 heavy (non-hydrogen) atoms. The van der Waals surface area contributed by atoms with Gasteiger partial charge in [-0.25, -0.2) is 4.79 Å². The lowest BCUT2D eigenvalue weighted by Gasteiger charge is -2.30. The van der Waals surface area contributed by atoms with E-state index in [1.165, 1.54) is 5.56 Å². The summed E-state index contributed by atoms with van der Waals surface area (Å²) in [7, 11) is 0. The number of rotatable bonds is 6. The van der Waals surface area contributed by atoms with Crippen LogP contribution >= 0.6 is 0 Å². The average Bonchev–Trinajstić information content (AvgIpc) is 2.67. The van der Waals surface area contributed by atoms with Crippen LogP contribution in [-0.2, 0) is 11.2 Å². The molecule has 2 aromatic rings. The van der Waals surface area contributed by atoms with E-state index in [1.807, 2.05) is 42.5 Å². The fourth-order valence-electron chi connectivity index (χ4n) is 2.96.